The lowest BCUT2D eigenvalue weighted by Gasteiger charge is -2.35. The van der Waals surface area contributed by atoms with Crippen LogP contribution in [0.3, 0.4) is 0 Å². The highest BCUT2D eigenvalue weighted by Gasteiger charge is 2.21. The molecule has 5 heteroatoms. The molecule has 1 aliphatic heterocycles. The fourth-order valence-corrected chi connectivity index (χ4v) is 3.60. The Kier molecular flexibility index (Phi) is 9.79. The van der Waals surface area contributed by atoms with Crippen LogP contribution >= 0.6 is 24.0 Å². The number of halogens is 1. The first kappa shape index (κ1) is 22.2. The normalized spacial score (nSPS) is 21.8. The van der Waals surface area contributed by atoms with Crippen LogP contribution in [0.5, 0.6) is 0 Å². The lowest BCUT2D eigenvalue weighted by molar-refractivity contribution is 0.134. The van der Waals surface area contributed by atoms with Gasteiger partial charge in [-0.05, 0) is 43.2 Å². The zero-order chi connectivity index (χ0) is 17.5. The first-order valence-corrected chi connectivity index (χ1v) is 9.23. The van der Waals surface area contributed by atoms with E-state index in [-0.39, 0.29) is 24.0 Å². The highest BCUT2D eigenvalue weighted by molar-refractivity contribution is 14.0. The maximum Gasteiger partial charge on any atom is 0.191 e. The van der Waals surface area contributed by atoms with Crippen molar-refractivity contribution >= 4 is 29.9 Å². The second-order valence-electron chi connectivity index (χ2n) is 7.68. The molecule has 1 fully saturated rings. The van der Waals surface area contributed by atoms with Crippen molar-refractivity contribution in [2.75, 3.05) is 20.1 Å². The molecule has 1 heterocycles. The largest absolute Gasteiger partial charge is 0.354 e. The lowest BCUT2D eigenvalue weighted by Crippen LogP contribution is -2.40. The highest BCUT2D eigenvalue weighted by atomic mass is 127. The van der Waals surface area contributed by atoms with Gasteiger partial charge in [0.05, 0.1) is 0 Å². The molecule has 0 amide bonds. The van der Waals surface area contributed by atoms with Crippen LogP contribution in [-0.4, -0.2) is 37.0 Å². The Morgan fingerprint density at radius 1 is 1.12 bits per heavy atom. The fraction of sp³-hybridized carbons (Fsp3) is 0.650. The van der Waals surface area contributed by atoms with Gasteiger partial charge < -0.3 is 10.6 Å². The second-order valence-corrected chi connectivity index (χ2v) is 7.68. The van der Waals surface area contributed by atoms with Crippen molar-refractivity contribution in [3.05, 3.63) is 35.4 Å². The summed E-state index contributed by atoms with van der Waals surface area (Å²) in [5.74, 6) is 2.49. The Balaban J connectivity index is 0.00000312. The third-order valence-electron chi connectivity index (χ3n) is 4.48. The zero-order valence-corrected chi connectivity index (χ0v) is 18.7. The van der Waals surface area contributed by atoms with Gasteiger partial charge in [0, 0.05) is 39.3 Å². The first-order chi connectivity index (χ1) is 11.5. The van der Waals surface area contributed by atoms with Crippen LogP contribution in [0, 0.1) is 11.8 Å². The van der Waals surface area contributed by atoms with Gasteiger partial charge in [0.25, 0.3) is 0 Å². The van der Waals surface area contributed by atoms with Gasteiger partial charge in [-0.2, -0.15) is 0 Å². The topological polar surface area (TPSA) is 39.7 Å². The smallest absolute Gasteiger partial charge is 0.191 e. The summed E-state index contributed by atoms with van der Waals surface area (Å²) < 4.78 is 0. The molecule has 0 radical (unpaired) electrons. The van der Waals surface area contributed by atoms with E-state index >= 15 is 0 Å². The molecule has 1 aliphatic rings. The fourth-order valence-electron chi connectivity index (χ4n) is 3.60. The van der Waals surface area contributed by atoms with Crippen molar-refractivity contribution in [2.45, 2.75) is 53.2 Å². The number of benzene rings is 1. The molecule has 2 rings (SSSR count). The summed E-state index contributed by atoms with van der Waals surface area (Å²) >= 11 is 0. The monoisotopic (exact) mass is 458 g/mol. The van der Waals surface area contributed by atoms with Crippen molar-refractivity contribution < 1.29 is 0 Å². The van der Waals surface area contributed by atoms with Gasteiger partial charge in [-0.15, -0.1) is 24.0 Å². The molecular formula is C20H35IN4. The minimum Gasteiger partial charge on any atom is -0.354 e. The average molecular weight is 458 g/mol. The van der Waals surface area contributed by atoms with E-state index in [4.69, 9.17) is 0 Å². The molecule has 142 valence electrons. The van der Waals surface area contributed by atoms with E-state index in [1.165, 1.54) is 30.6 Å². The molecule has 2 unspecified atom stereocenters. The summed E-state index contributed by atoms with van der Waals surface area (Å²) in [6.45, 7) is 13.3. The molecule has 1 aromatic rings. The summed E-state index contributed by atoms with van der Waals surface area (Å²) in [4.78, 5) is 6.84. The third-order valence-corrected chi connectivity index (χ3v) is 4.48. The van der Waals surface area contributed by atoms with Gasteiger partial charge in [-0.3, -0.25) is 9.89 Å². The number of piperidine rings is 1. The molecule has 1 aromatic carbocycles. The van der Waals surface area contributed by atoms with Gasteiger partial charge in [0.1, 0.15) is 0 Å². The molecule has 1 saturated heterocycles. The minimum absolute atomic E-state index is 0. The maximum absolute atomic E-state index is 4.24. The van der Waals surface area contributed by atoms with E-state index in [2.05, 4.69) is 72.5 Å². The van der Waals surface area contributed by atoms with Gasteiger partial charge in [0.2, 0.25) is 0 Å². The van der Waals surface area contributed by atoms with Gasteiger partial charge >= 0.3 is 0 Å². The van der Waals surface area contributed by atoms with E-state index in [0.29, 0.717) is 6.04 Å². The van der Waals surface area contributed by atoms with E-state index in [1.54, 1.807) is 7.05 Å². The number of nitrogens with one attached hydrogen (secondary N) is 2. The molecule has 25 heavy (non-hydrogen) atoms. The van der Waals surface area contributed by atoms with Crippen LogP contribution in [0.1, 0.15) is 45.2 Å². The quantitative estimate of drug-likeness (QED) is 0.400. The molecule has 2 N–H and O–H groups in total. The third kappa shape index (κ3) is 7.94. The number of rotatable bonds is 5. The molecule has 0 saturated carbocycles. The number of aliphatic imine (C=N–C) groups is 1. The number of nitrogens with zero attached hydrogens (tertiary/aromatic N) is 2. The van der Waals surface area contributed by atoms with E-state index < -0.39 is 0 Å². The number of likely N-dealkylation sites (tertiary alicyclic amines) is 1. The van der Waals surface area contributed by atoms with E-state index in [1.807, 2.05) is 0 Å². The molecule has 4 nitrogen and oxygen atoms in total. The Hall–Kier alpha value is -0.820. The Morgan fingerprint density at radius 3 is 2.20 bits per heavy atom. The van der Waals surface area contributed by atoms with Crippen molar-refractivity contribution in [2.24, 2.45) is 16.8 Å². The molecule has 0 spiro atoms. The Labute approximate surface area is 170 Å². The molecule has 0 aromatic heterocycles. The SMILES string of the molecule is CN=C(NCc1ccc(CN2CC(C)CC(C)C2)cc1)NC(C)C.I. The highest BCUT2D eigenvalue weighted by Crippen LogP contribution is 2.22. The Morgan fingerprint density at radius 2 is 1.68 bits per heavy atom. The van der Waals surface area contributed by atoms with Crippen LogP contribution in [0.25, 0.3) is 0 Å². The zero-order valence-electron chi connectivity index (χ0n) is 16.4. The van der Waals surface area contributed by atoms with Crippen LogP contribution in [0.4, 0.5) is 0 Å². The van der Waals surface area contributed by atoms with Crippen LogP contribution in [0.2, 0.25) is 0 Å². The van der Waals surface area contributed by atoms with Crippen molar-refractivity contribution in [3.8, 4) is 0 Å². The summed E-state index contributed by atoms with van der Waals surface area (Å²) in [7, 11) is 1.81. The summed E-state index contributed by atoms with van der Waals surface area (Å²) in [6, 6.07) is 9.36. The second kappa shape index (κ2) is 11.0. The van der Waals surface area contributed by atoms with Gasteiger partial charge in [0.15, 0.2) is 5.96 Å². The van der Waals surface area contributed by atoms with E-state index in [0.717, 1.165) is 30.9 Å². The standard InChI is InChI=1S/C20H34N4.HI/c1-15(2)23-20(21-5)22-11-18-6-8-19(9-7-18)14-24-12-16(3)10-17(4)13-24;/h6-9,15-17H,10-14H2,1-5H3,(H2,21,22,23);1H. The molecular weight excluding hydrogens is 423 g/mol. The first-order valence-electron chi connectivity index (χ1n) is 9.23. The predicted octanol–water partition coefficient (Wildman–Crippen LogP) is 3.86. The molecule has 0 aliphatic carbocycles. The van der Waals surface area contributed by atoms with Crippen LogP contribution in [-0.2, 0) is 13.1 Å². The van der Waals surface area contributed by atoms with Crippen molar-refractivity contribution in [3.63, 3.8) is 0 Å². The number of guanidine groups is 1. The predicted molar refractivity (Wildman–Crippen MR) is 119 cm³/mol. The molecule has 2 atom stereocenters. The number of hydrogen-bond acceptors (Lipinski definition) is 2. The average Bonchev–Trinajstić information content (AvgIpc) is 2.51. The Bertz CT molecular complexity index is 517. The summed E-state index contributed by atoms with van der Waals surface area (Å²) in [5, 5.41) is 6.66. The van der Waals surface area contributed by atoms with Crippen LogP contribution < -0.4 is 10.6 Å². The summed E-state index contributed by atoms with van der Waals surface area (Å²) in [5.41, 5.74) is 2.69. The van der Waals surface area contributed by atoms with Gasteiger partial charge in [-0.25, -0.2) is 0 Å². The van der Waals surface area contributed by atoms with Crippen molar-refractivity contribution in [1.82, 2.24) is 15.5 Å². The van der Waals surface area contributed by atoms with Gasteiger partial charge in [-0.1, -0.05) is 38.1 Å². The van der Waals surface area contributed by atoms with E-state index in [9.17, 15) is 0 Å². The van der Waals surface area contributed by atoms with Crippen molar-refractivity contribution in [1.29, 1.82) is 0 Å². The minimum atomic E-state index is 0. The summed E-state index contributed by atoms with van der Waals surface area (Å²) in [6.07, 6.45) is 1.37. The van der Waals surface area contributed by atoms with Crippen LogP contribution in [0.15, 0.2) is 29.3 Å². The molecule has 0 bridgehead atoms. The lowest BCUT2D eigenvalue weighted by atomic mass is 9.91. The number of hydrogen-bond donors (Lipinski definition) is 2. The maximum atomic E-state index is 4.24.